The van der Waals surface area contributed by atoms with Crippen molar-refractivity contribution in [1.82, 2.24) is 5.32 Å². The Balaban J connectivity index is 1.94. The summed E-state index contributed by atoms with van der Waals surface area (Å²) >= 11 is 9.32. The van der Waals surface area contributed by atoms with Crippen molar-refractivity contribution in [1.29, 1.82) is 0 Å². The van der Waals surface area contributed by atoms with Crippen LogP contribution in [0.4, 0.5) is 0 Å². The summed E-state index contributed by atoms with van der Waals surface area (Å²) in [7, 11) is -0.728. The molecule has 2 atom stereocenters. The second kappa shape index (κ2) is 9.71. The van der Waals surface area contributed by atoms with Gasteiger partial charge < -0.3 is 14.6 Å². The first-order chi connectivity index (χ1) is 12.7. The van der Waals surface area contributed by atoms with Crippen molar-refractivity contribution in [2.45, 2.75) is 45.5 Å². The lowest BCUT2D eigenvalue weighted by Gasteiger charge is -2.19. The van der Waals surface area contributed by atoms with E-state index >= 15 is 0 Å². The molecule has 0 aromatic heterocycles. The van der Waals surface area contributed by atoms with Crippen LogP contribution < -0.4 is 5.32 Å². The molecule has 0 saturated carbocycles. The minimum Gasteiger partial charge on any atom is -0.507 e. The molecule has 1 aliphatic rings. The first kappa shape index (κ1) is 21.9. The van der Waals surface area contributed by atoms with E-state index in [9.17, 15) is 14.4 Å². The lowest BCUT2D eigenvalue weighted by Crippen LogP contribution is -2.33. The van der Waals surface area contributed by atoms with Crippen LogP contribution in [0.3, 0.4) is 0 Å². The number of ketones is 1. The maximum atomic E-state index is 12.4. The van der Waals surface area contributed by atoms with E-state index in [1.54, 1.807) is 25.1 Å². The zero-order valence-corrected chi connectivity index (χ0v) is 17.8. The SMILES string of the molecule is CC(C)C[C@H](CC(=O)CNC(=O)c1cc(Br)ccc1Cl)B1OC(=O)[C@H](C)O1. The van der Waals surface area contributed by atoms with E-state index in [1.807, 2.05) is 13.8 Å². The second-order valence-corrected chi connectivity index (χ2v) is 8.35. The normalized spacial score (nSPS) is 17.8. The number of hydrogen-bond acceptors (Lipinski definition) is 5. The molecule has 0 spiro atoms. The number of carbonyl (C=O) groups is 3. The topological polar surface area (TPSA) is 81.7 Å². The number of benzene rings is 1. The van der Waals surface area contributed by atoms with Gasteiger partial charge in [0, 0.05) is 16.7 Å². The molecule has 0 aliphatic carbocycles. The van der Waals surface area contributed by atoms with Crippen LogP contribution >= 0.6 is 27.5 Å². The Morgan fingerprint density at radius 3 is 2.67 bits per heavy atom. The molecule has 2 rings (SSSR count). The van der Waals surface area contributed by atoms with E-state index in [0.29, 0.717) is 22.9 Å². The summed E-state index contributed by atoms with van der Waals surface area (Å²) < 4.78 is 11.5. The molecule has 146 valence electrons. The number of rotatable bonds is 8. The molecule has 1 N–H and O–H groups in total. The predicted octanol–water partition coefficient (Wildman–Crippen LogP) is 3.66. The van der Waals surface area contributed by atoms with Crippen molar-refractivity contribution in [3.63, 3.8) is 0 Å². The lowest BCUT2D eigenvalue weighted by atomic mass is 9.66. The fourth-order valence-corrected chi connectivity index (χ4v) is 3.47. The molecular formula is C18H22BBrClNO5. The van der Waals surface area contributed by atoms with Crippen molar-refractivity contribution in [3.8, 4) is 0 Å². The van der Waals surface area contributed by atoms with Gasteiger partial charge in [0.1, 0.15) is 6.10 Å². The summed E-state index contributed by atoms with van der Waals surface area (Å²) in [6.45, 7) is 5.54. The molecule has 0 bridgehead atoms. The average molecular weight is 459 g/mol. The van der Waals surface area contributed by atoms with Crippen LogP contribution in [-0.4, -0.2) is 37.4 Å². The molecule has 27 heavy (non-hydrogen) atoms. The number of Topliss-reactive ketones (excluding diaryl/α,β-unsaturated/α-hetero) is 1. The minimum atomic E-state index is -0.728. The molecule has 1 aliphatic heterocycles. The Bertz CT molecular complexity index is 730. The van der Waals surface area contributed by atoms with Gasteiger partial charge in [0.05, 0.1) is 17.1 Å². The number of nitrogens with one attached hydrogen (secondary N) is 1. The van der Waals surface area contributed by atoms with Crippen LogP contribution in [0.5, 0.6) is 0 Å². The van der Waals surface area contributed by atoms with E-state index < -0.39 is 25.1 Å². The van der Waals surface area contributed by atoms with Crippen molar-refractivity contribution in [2.75, 3.05) is 6.54 Å². The molecular weight excluding hydrogens is 436 g/mol. The van der Waals surface area contributed by atoms with Gasteiger partial charge in [-0.05, 0) is 37.5 Å². The third-order valence-corrected chi connectivity index (χ3v) is 4.99. The third kappa shape index (κ3) is 6.33. The summed E-state index contributed by atoms with van der Waals surface area (Å²) in [5, 5.41) is 2.90. The van der Waals surface area contributed by atoms with E-state index in [4.69, 9.17) is 20.9 Å². The standard InChI is InChI=1S/C18H22BBrClNO5/c1-10(2)6-12(19-26-11(3)18(25)27-19)7-14(23)9-22-17(24)15-8-13(20)4-5-16(15)21/h4-5,8,10-12H,6-7,9H2,1-3H3,(H,22,24)/t11-,12+/m0/s1. The Hall–Kier alpha value is -1.38. The van der Waals surface area contributed by atoms with Gasteiger partial charge in [-0.2, -0.15) is 0 Å². The smallest absolute Gasteiger partial charge is 0.507 e. The monoisotopic (exact) mass is 457 g/mol. The highest BCUT2D eigenvalue weighted by Crippen LogP contribution is 2.30. The Kier molecular flexibility index (Phi) is 7.88. The maximum absolute atomic E-state index is 12.4. The number of amides is 1. The van der Waals surface area contributed by atoms with Gasteiger partial charge in [0.25, 0.3) is 5.91 Å². The Labute approximate surface area is 172 Å². The summed E-state index contributed by atoms with van der Waals surface area (Å²) in [6, 6.07) is 4.93. The molecule has 1 fully saturated rings. The van der Waals surface area contributed by atoms with Gasteiger partial charge in [-0.15, -0.1) is 0 Å². The summed E-state index contributed by atoms with van der Waals surface area (Å²) in [6.07, 6.45) is 0.190. The molecule has 9 heteroatoms. The van der Waals surface area contributed by atoms with E-state index in [1.165, 1.54) is 0 Å². The molecule has 1 heterocycles. The van der Waals surface area contributed by atoms with Crippen LogP contribution in [0.25, 0.3) is 0 Å². The van der Waals surface area contributed by atoms with Gasteiger partial charge in [-0.25, -0.2) is 0 Å². The van der Waals surface area contributed by atoms with Crippen LogP contribution in [0.15, 0.2) is 22.7 Å². The molecule has 0 unspecified atom stereocenters. The van der Waals surface area contributed by atoms with Crippen molar-refractivity contribution >= 4 is 52.3 Å². The number of hydrogen-bond donors (Lipinski definition) is 1. The zero-order chi connectivity index (χ0) is 20.1. The largest absolute Gasteiger partial charge is 0.531 e. The van der Waals surface area contributed by atoms with Gasteiger partial charge in [0.15, 0.2) is 5.78 Å². The first-order valence-electron chi connectivity index (χ1n) is 8.78. The van der Waals surface area contributed by atoms with Crippen molar-refractivity contribution in [3.05, 3.63) is 33.3 Å². The van der Waals surface area contributed by atoms with Gasteiger partial charge in [0.2, 0.25) is 0 Å². The van der Waals surface area contributed by atoms with Crippen LogP contribution in [0, 0.1) is 5.92 Å². The second-order valence-electron chi connectivity index (χ2n) is 7.02. The van der Waals surface area contributed by atoms with E-state index in [2.05, 4.69) is 21.2 Å². The molecule has 1 aromatic carbocycles. The minimum absolute atomic E-state index is 0.132. The number of halogens is 2. The summed E-state index contributed by atoms with van der Waals surface area (Å²) in [5.74, 6) is -0.959. The molecule has 1 saturated heterocycles. The van der Waals surface area contributed by atoms with Crippen molar-refractivity contribution < 1.29 is 23.7 Å². The zero-order valence-electron chi connectivity index (χ0n) is 15.5. The van der Waals surface area contributed by atoms with E-state index in [-0.39, 0.29) is 24.6 Å². The van der Waals surface area contributed by atoms with Crippen molar-refractivity contribution in [2.24, 2.45) is 5.92 Å². The summed E-state index contributed by atoms with van der Waals surface area (Å²) in [5.41, 5.74) is 0.291. The van der Waals surface area contributed by atoms with E-state index in [0.717, 1.165) is 4.47 Å². The quantitative estimate of drug-likeness (QED) is 0.602. The average Bonchev–Trinajstić information content (AvgIpc) is 2.93. The lowest BCUT2D eigenvalue weighted by molar-refractivity contribution is -0.135. The first-order valence-corrected chi connectivity index (χ1v) is 9.95. The van der Waals surface area contributed by atoms with Gasteiger partial charge >= 0.3 is 13.1 Å². The maximum Gasteiger partial charge on any atom is 0.531 e. The van der Waals surface area contributed by atoms with Gasteiger partial charge in [-0.3, -0.25) is 14.4 Å². The molecule has 1 aromatic rings. The van der Waals surface area contributed by atoms with Crippen LogP contribution in [0.2, 0.25) is 10.8 Å². The highest BCUT2D eigenvalue weighted by molar-refractivity contribution is 9.10. The van der Waals surface area contributed by atoms with Gasteiger partial charge in [-0.1, -0.05) is 41.4 Å². The number of carbonyl (C=O) groups excluding carboxylic acids is 3. The predicted molar refractivity (Wildman–Crippen MR) is 107 cm³/mol. The Morgan fingerprint density at radius 2 is 2.07 bits per heavy atom. The highest BCUT2D eigenvalue weighted by atomic mass is 79.9. The molecule has 0 radical (unpaired) electrons. The molecule has 6 nitrogen and oxygen atoms in total. The summed E-state index contributed by atoms with van der Waals surface area (Å²) in [4.78, 5) is 36.2. The Morgan fingerprint density at radius 1 is 1.37 bits per heavy atom. The highest BCUT2D eigenvalue weighted by Gasteiger charge is 2.44. The van der Waals surface area contributed by atoms with Crippen LogP contribution in [0.1, 0.15) is 44.0 Å². The fourth-order valence-electron chi connectivity index (χ4n) is 2.91. The van der Waals surface area contributed by atoms with Crippen LogP contribution in [-0.2, 0) is 18.9 Å². The third-order valence-electron chi connectivity index (χ3n) is 4.17. The molecule has 1 amide bonds. The fraction of sp³-hybridized carbons (Fsp3) is 0.500.